The third-order valence-electron chi connectivity index (χ3n) is 3.29. The summed E-state index contributed by atoms with van der Waals surface area (Å²) in [7, 11) is 0. The molecule has 0 N–H and O–H groups in total. The molecule has 2 heteroatoms. The topological polar surface area (TPSA) is 6.48 Å². The second-order valence-electron chi connectivity index (χ2n) is 4.11. The maximum atomic E-state index is 2.70. The quantitative estimate of drug-likeness (QED) is 0.611. The van der Waals surface area contributed by atoms with Crippen LogP contribution in [0.15, 0.2) is 0 Å². The fraction of sp³-hybridized carbons (Fsp3) is 1.00. The molecule has 3 aliphatic rings. The van der Waals surface area contributed by atoms with Crippen LogP contribution in [0.25, 0.3) is 0 Å². The van der Waals surface area contributed by atoms with Gasteiger partial charge in [0.15, 0.2) is 0 Å². The zero-order chi connectivity index (χ0) is 8.39. The molecule has 0 aliphatic carbocycles. The summed E-state index contributed by atoms with van der Waals surface area (Å²) < 4.78 is 0. The zero-order valence-corrected chi connectivity index (χ0v) is 8.13. The van der Waals surface area contributed by atoms with Crippen LogP contribution >= 0.6 is 0 Å². The van der Waals surface area contributed by atoms with Gasteiger partial charge in [0, 0.05) is 19.1 Å². The van der Waals surface area contributed by atoms with Gasteiger partial charge < -0.3 is 4.90 Å². The van der Waals surface area contributed by atoms with E-state index in [2.05, 4.69) is 16.7 Å². The summed E-state index contributed by atoms with van der Waals surface area (Å²) in [5, 5.41) is 0. The van der Waals surface area contributed by atoms with Crippen molar-refractivity contribution in [2.75, 3.05) is 32.7 Å². The van der Waals surface area contributed by atoms with E-state index >= 15 is 0 Å². The summed E-state index contributed by atoms with van der Waals surface area (Å²) >= 11 is 0. The van der Waals surface area contributed by atoms with Gasteiger partial charge in [-0.1, -0.05) is 6.92 Å². The normalized spacial score (nSPS) is 36.8. The molecule has 0 radical (unpaired) electrons. The molecular weight excluding hydrogens is 148 g/mol. The molecule has 70 valence electrons. The molecule has 3 rings (SSSR count). The molecule has 0 aromatic carbocycles. The molecule has 3 saturated heterocycles. The molecule has 0 atom stereocenters. The number of fused-ring (bicyclic) bond motifs is 4. The van der Waals surface area contributed by atoms with E-state index in [1.54, 1.807) is 0 Å². The lowest BCUT2D eigenvalue weighted by Gasteiger charge is -2.31. The Labute approximate surface area is 75.5 Å². The van der Waals surface area contributed by atoms with Crippen LogP contribution in [0.4, 0.5) is 0 Å². The standard InChI is InChI=1S/C10H20N2/c1-2-5-12-9-8-11-6-3-10(12)4-7-11/h10H,2-9H2,1H3. The van der Waals surface area contributed by atoms with Gasteiger partial charge in [0.25, 0.3) is 0 Å². The van der Waals surface area contributed by atoms with E-state index in [1.165, 1.54) is 52.0 Å². The lowest BCUT2D eigenvalue weighted by Crippen LogP contribution is -2.38. The van der Waals surface area contributed by atoms with Crippen molar-refractivity contribution in [1.82, 2.24) is 9.80 Å². The minimum Gasteiger partial charge on any atom is -0.302 e. The highest BCUT2D eigenvalue weighted by Crippen LogP contribution is 2.20. The summed E-state index contributed by atoms with van der Waals surface area (Å²) in [4.78, 5) is 5.32. The summed E-state index contributed by atoms with van der Waals surface area (Å²) in [5.41, 5.74) is 0. The molecule has 0 aromatic heterocycles. The number of rotatable bonds is 2. The molecule has 0 spiro atoms. The van der Waals surface area contributed by atoms with Gasteiger partial charge in [-0.05, 0) is 38.9 Å². The molecule has 2 nitrogen and oxygen atoms in total. The average molecular weight is 168 g/mol. The van der Waals surface area contributed by atoms with Crippen molar-refractivity contribution in [3.63, 3.8) is 0 Å². The average Bonchev–Trinajstić information content (AvgIpc) is 2.40. The molecule has 0 aromatic rings. The molecule has 3 aliphatic heterocycles. The van der Waals surface area contributed by atoms with E-state index in [-0.39, 0.29) is 0 Å². The summed E-state index contributed by atoms with van der Waals surface area (Å²) in [6, 6.07) is 0.920. The van der Waals surface area contributed by atoms with Crippen molar-refractivity contribution in [2.24, 2.45) is 0 Å². The van der Waals surface area contributed by atoms with Gasteiger partial charge in [-0.2, -0.15) is 0 Å². The molecular formula is C10H20N2. The van der Waals surface area contributed by atoms with Gasteiger partial charge in [0.2, 0.25) is 0 Å². The van der Waals surface area contributed by atoms with Crippen molar-refractivity contribution in [1.29, 1.82) is 0 Å². The predicted molar refractivity (Wildman–Crippen MR) is 51.3 cm³/mol. The second kappa shape index (κ2) is 3.75. The van der Waals surface area contributed by atoms with Gasteiger partial charge >= 0.3 is 0 Å². The molecule has 12 heavy (non-hydrogen) atoms. The van der Waals surface area contributed by atoms with Crippen LogP contribution in [-0.2, 0) is 0 Å². The van der Waals surface area contributed by atoms with Crippen LogP contribution < -0.4 is 0 Å². The minimum absolute atomic E-state index is 0.920. The molecule has 3 heterocycles. The van der Waals surface area contributed by atoms with Crippen molar-refractivity contribution >= 4 is 0 Å². The van der Waals surface area contributed by atoms with Crippen molar-refractivity contribution in [3.05, 3.63) is 0 Å². The monoisotopic (exact) mass is 168 g/mol. The Morgan fingerprint density at radius 2 is 1.83 bits per heavy atom. The van der Waals surface area contributed by atoms with E-state index in [4.69, 9.17) is 0 Å². The lowest BCUT2D eigenvalue weighted by atomic mass is 10.1. The Balaban J connectivity index is 1.96. The fourth-order valence-corrected chi connectivity index (χ4v) is 2.54. The maximum Gasteiger partial charge on any atom is 0.0120 e. The Bertz CT molecular complexity index is 139. The largest absolute Gasteiger partial charge is 0.302 e. The molecule has 0 saturated carbocycles. The van der Waals surface area contributed by atoms with Gasteiger partial charge in [-0.25, -0.2) is 0 Å². The Morgan fingerprint density at radius 3 is 2.50 bits per heavy atom. The first kappa shape index (κ1) is 8.52. The van der Waals surface area contributed by atoms with Crippen molar-refractivity contribution in [3.8, 4) is 0 Å². The van der Waals surface area contributed by atoms with Crippen LogP contribution in [0.5, 0.6) is 0 Å². The molecule has 2 bridgehead atoms. The van der Waals surface area contributed by atoms with Gasteiger partial charge in [-0.3, -0.25) is 4.90 Å². The van der Waals surface area contributed by atoms with Crippen LogP contribution in [0.2, 0.25) is 0 Å². The molecule has 0 unspecified atom stereocenters. The van der Waals surface area contributed by atoms with Crippen LogP contribution in [0.3, 0.4) is 0 Å². The smallest absolute Gasteiger partial charge is 0.0120 e. The summed E-state index contributed by atoms with van der Waals surface area (Å²) in [5.74, 6) is 0. The molecule has 0 amide bonds. The van der Waals surface area contributed by atoms with Crippen molar-refractivity contribution in [2.45, 2.75) is 32.2 Å². The van der Waals surface area contributed by atoms with E-state index < -0.39 is 0 Å². The first-order valence-electron chi connectivity index (χ1n) is 5.36. The van der Waals surface area contributed by atoms with Crippen LogP contribution in [0.1, 0.15) is 26.2 Å². The van der Waals surface area contributed by atoms with Crippen LogP contribution in [-0.4, -0.2) is 48.6 Å². The highest BCUT2D eigenvalue weighted by molar-refractivity contribution is 4.84. The third kappa shape index (κ3) is 1.64. The third-order valence-corrected chi connectivity index (χ3v) is 3.29. The summed E-state index contributed by atoms with van der Waals surface area (Å²) in [6.07, 6.45) is 4.15. The Kier molecular flexibility index (Phi) is 2.66. The maximum absolute atomic E-state index is 2.70. The zero-order valence-electron chi connectivity index (χ0n) is 8.13. The van der Waals surface area contributed by atoms with E-state index in [1.807, 2.05) is 0 Å². The van der Waals surface area contributed by atoms with E-state index in [0.29, 0.717) is 0 Å². The van der Waals surface area contributed by atoms with E-state index in [0.717, 1.165) is 6.04 Å². The highest BCUT2D eigenvalue weighted by Gasteiger charge is 2.27. The Hall–Kier alpha value is -0.0800. The summed E-state index contributed by atoms with van der Waals surface area (Å²) in [6.45, 7) is 8.95. The minimum atomic E-state index is 0.920. The number of nitrogens with zero attached hydrogens (tertiary/aromatic N) is 2. The Morgan fingerprint density at radius 1 is 1.08 bits per heavy atom. The van der Waals surface area contributed by atoms with Gasteiger partial charge in [0.1, 0.15) is 0 Å². The van der Waals surface area contributed by atoms with Gasteiger partial charge in [0.05, 0.1) is 0 Å². The lowest BCUT2D eigenvalue weighted by molar-refractivity contribution is 0.183. The number of hydrogen-bond acceptors (Lipinski definition) is 2. The van der Waals surface area contributed by atoms with Gasteiger partial charge in [-0.15, -0.1) is 0 Å². The van der Waals surface area contributed by atoms with Crippen molar-refractivity contribution < 1.29 is 0 Å². The predicted octanol–water partition coefficient (Wildman–Crippen LogP) is 1.18. The fourth-order valence-electron chi connectivity index (χ4n) is 2.54. The first-order chi connectivity index (χ1) is 5.90. The number of hydrogen-bond donors (Lipinski definition) is 0. The second-order valence-corrected chi connectivity index (χ2v) is 4.11. The first-order valence-corrected chi connectivity index (χ1v) is 5.36. The molecule has 3 fully saturated rings. The SMILES string of the molecule is CCCN1CCN2CCC1CC2. The number of piperidine rings is 1. The van der Waals surface area contributed by atoms with E-state index in [9.17, 15) is 0 Å². The van der Waals surface area contributed by atoms with Crippen LogP contribution in [0, 0.1) is 0 Å². The highest BCUT2D eigenvalue weighted by atomic mass is 15.3.